The Morgan fingerprint density at radius 2 is 1.87 bits per heavy atom. The van der Waals surface area contributed by atoms with Gasteiger partial charge in [0.15, 0.2) is 5.82 Å². The molecule has 0 bridgehead atoms. The van der Waals surface area contributed by atoms with Gasteiger partial charge in [0.05, 0.1) is 23.3 Å². The Bertz CT molecular complexity index is 776. The molecule has 0 atom stereocenters. The number of aromatic amines is 1. The van der Waals surface area contributed by atoms with E-state index in [1.807, 2.05) is 10.9 Å². The van der Waals surface area contributed by atoms with Crippen molar-refractivity contribution < 1.29 is 0 Å². The Morgan fingerprint density at radius 1 is 1.13 bits per heavy atom. The van der Waals surface area contributed by atoms with E-state index in [1.165, 1.54) is 11.1 Å². The highest BCUT2D eigenvalue weighted by atomic mass is 35.5. The van der Waals surface area contributed by atoms with E-state index in [-0.39, 0.29) is 12.4 Å². The van der Waals surface area contributed by atoms with E-state index in [1.54, 1.807) is 0 Å². The third-order valence-electron chi connectivity index (χ3n) is 4.53. The highest BCUT2D eigenvalue weighted by molar-refractivity contribution is 5.85. The van der Waals surface area contributed by atoms with Gasteiger partial charge in [-0.1, -0.05) is 5.21 Å². The second kappa shape index (κ2) is 6.29. The summed E-state index contributed by atoms with van der Waals surface area (Å²) in [6.45, 7) is 6.31. The van der Waals surface area contributed by atoms with Gasteiger partial charge in [0.1, 0.15) is 5.69 Å². The Labute approximate surface area is 141 Å². The zero-order valence-electron chi connectivity index (χ0n) is 13.3. The normalized spacial score (nSPS) is 15.7. The highest BCUT2D eigenvalue weighted by Crippen LogP contribution is 2.23. The molecule has 0 radical (unpaired) electrons. The third kappa shape index (κ3) is 2.96. The predicted molar refractivity (Wildman–Crippen MR) is 93.0 cm³/mol. The molecule has 0 aliphatic carbocycles. The van der Waals surface area contributed by atoms with Crippen LogP contribution in [0, 0.1) is 13.8 Å². The molecule has 1 saturated heterocycles. The zero-order chi connectivity index (χ0) is 15.1. The van der Waals surface area contributed by atoms with Gasteiger partial charge in [-0.2, -0.15) is 0 Å². The van der Waals surface area contributed by atoms with Crippen molar-refractivity contribution in [3.8, 4) is 11.5 Å². The molecule has 0 spiro atoms. The number of imidazole rings is 1. The van der Waals surface area contributed by atoms with Crippen LogP contribution in [0.5, 0.6) is 0 Å². The number of aromatic nitrogens is 5. The molecule has 1 aromatic carbocycles. The molecule has 1 fully saturated rings. The zero-order valence-corrected chi connectivity index (χ0v) is 14.2. The summed E-state index contributed by atoms with van der Waals surface area (Å²) >= 11 is 0. The van der Waals surface area contributed by atoms with Crippen LogP contribution in [0.25, 0.3) is 22.6 Å². The van der Waals surface area contributed by atoms with Crippen LogP contribution in [-0.4, -0.2) is 38.1 Å². The topological polar surface area (TPSA) is 71.4 Å². The summed E-state index contributed by atoms with van der Waals surface area (Å²) in [5.74, 6) is 0.792. The van der Waals surface area contributed by atoms with Crippen LogP contribution >= 0.6 is 12.4 Å². The molecule has 1 aliphatic rings. The van der Waals surface area contributed by atoms with Gasteiger partial charge < -0.3 is 10.3 Å². The quantitative estimate of drug-likeness (QED) is 0.757. The molecular weight excluding hydrogens is 312 g/mol. The first-order valence-electron chi connectivity index (χ1n) is 7.80. The molecular formula is C16H21ClN6. The molecule has 6 nitrogen and oxygen atoms in total. The van der Waals surface area contributed by atoms with E-state index in [2.05, 4.69) is 51.6 Å². The van der Waals surface area contributed by atoms with E-state index in [0.29, 0.717) is 6.04 Å². The minimum Gasteiger partial charge on any atom is -0.337 e. The Kier molecular flexibility index (Phi) is 4.37. The summed E-state index contributed by atoms with van der Waals surface area (Å²) in [5.41, 5.74) is 5.36. The first kappa shape index (κ1) is 16.0. The summed E-state index contributed by atoms with van der Waals surface area (Å²) in [7, 11) is 0. The second-order valence-electron chi connectivity index (χ2n) is 6.10. The molecule has 4 rings (SSSR count). The lowest BCUT2D eigenvalue weighted by atomic mass is 10.1. The number of fused-ring (bicyclic) bond motifs is 1. The summed E-state index contributed by atoms with van der Waals surface area (Å²) in [6.07, 6.45) is 4.20. The molecule has 3 aromatic rings. The number of aryl methyl sites for hydroxylation is 2. The summed E-state index contributed by atoms with van der Waals surface area (Å²) in [5, 5.41) is 12.0. The minimum atomic E-state index is 0. The van der Waals surface area contributed by atoms with E-state index >= 15 is 0 Å². The van der Waals surface area contributed by atoms with Crippen molar-refractivity contribution in [3.05, 3.63) is 29.5 Å². The van der Waals surface area contributed by atoms with Gasteiger partial charge in [-0.15, -0.1) is 17.5 Å². The standard InChI is InChI=1S/C16H20N6.ClH/c1-10-7-13-14(8-11(10)2)19-16(18-13)15-9-22(21-20-15)12-3-5-17-6-4-12;/h7-9,12,17H,3-6H2,1-2H3,(H,18,19);1H. The van der Waals surface area contributed by atoms with E-state index in [9.17, 15) is 0 Å². The van der Waals surface area contributed by atoms with Gasteiger partial charge in [-0.05, 0) is 63.0 Å². The number of nitrogens with one attached hydrogen (secondary N) is 2. The fourth-order valence-electron chi connectivity index (χ4n) is 3.03. The maximum atomic E-state index is 4.66. The number of nitrogens with zero attached hydrogens (tertiary/aromatic N) is 4. The lowest BCUT2D eigenvalue weighted by Crippen LogP contribution is -2.29. The largest absolute Gasteiger partial charge is 0.337 e. The van der Waals surface area contributed by atoms with Crippen LogP contribution in [0.4, 0.5) is 0 Å². The summed E-state index contributed by atoms with van der Waals surface area (Å²) in [6, 6.07) is 4.69. The Balaban J connectivity index is 0.00000156. The van der Waals surface area contributed by atoms with Crippen molar-refractivity contribution >= 4 is 23.4 Å². The summed E-state index contributed by atoms with van der Waals surface area (Å²) in [4.78, 5) is 8.02. The first-order valence-corrected chi connectivity index (χ1v) is 7.80. The number of benzene rings is 1. The van der Waals surface area contributed by atoms with Crippen molar-refractivity contribution in [2.75, 3.05) is 13.1 Å². The van der Waals surface area contributed by atoms with E-state index in [0.717, 1.165) is 48.5 Å². The van der Waals surface area contributed by atoms with Crippen molar-refractivity contribution in [2.24, 2.45) is 0 Å². The Hall–Kier alpha value is -1.92. The first-order chi connectivity index (χ1) is 10.7. The molecule has 122 valence electrons. The fourth-order valence-corrected chi connectivity index (χ4v) is 3.03. The molecule has 23 heavy (non-hydrogen) atoms. The molecule has 7 heteroatoms. The van der Waals surface area contributed by atoms with Gasteiger partial charge in [-0.3, -0.25) is 0 Å². The van der Waals surface area contributed by atoms with Crippen LogP contribution < -0.4 is 5.32 Å². The molecule has 0 unspecified atom stereocenters. The van der Waals surface area contributed by atoms with E-state index in [4.69, 9.17) is 0 Å². The fraction of sp³-hybridized carbons (Fsp3) is 0.438. The van der Waals surface area contributed by atoms with Crippen LogP contribution in [-0.2, 0) is 0 Å². The number of hydrogen-bond donors (Lipinski definition) is 2. The average Bonchev–Trinajstić information content (AvgIpc) is 3.15. The van der Waals surface area contributed by atoms with Gasteiger partial charge in [0.25, 0.3) is 0 Å². The van der Waals surface area contributed by atoms with Crippen LogP contribution in [0.2, 0.25) is 0 Å². The number of halogens is 1. The number of piperidine rings is 1. The lowest BCUT2D eigenvalue weighted by Gasteiger charge is -2.21. The van der Waals surface area contributed by atoms with Gasteiger partial charge in [0.2, 0.25) is 0 Å². The smallest absolute Gasteiger partial charge is 0.160 e. The van der Waals surface area contributed by atoms with Gasteiger partial charge >= 0.3 is 0 Å². The SMILES string of the molecule is Cc1cc2nc(-c3cn(C4CCNCC4)nn3)[nH]c2cc1C.Cl. The van der Waals surface area contributed by atoms with Crippen molar-refractivity contribution in [1.82, 2.24) is 30.3 Å². The van der Waals surface area contributed by atoms with Crippen molar-refractivity contribution in [3.63, 3.8) is 0 Å². The van der Waals surface area contributed by atoms with Crippen molar-refractivity contribution in [2.45, 2.75) is 32.7 Å². The molecule has 2 aromatic heterocycles. The molecule has 1 aliphatic heterocycles. The summed E-state index contributed by atoms with van der Waals surface area (Å²) < 4.78 is 1.99. The number of H-pyrrole nitrogens is 1. The monoisotopic (exact) mass is 332 g/mol. The highest BCUT2D eigenvalue weighted by Gasteiger charge is 2.18. The van der Waals surface area contributed by atoms with E-state index < -0.39 is 0 Å². The number of hydrogen-bond acceptors (Lipinski definition) is 4. The molecule has 0 saturated carbocycles. The minimum absolute atomic E-state index is 0. The predicted octanol–water partition coefficient (Wildman–Crippen LogP) is 2.78. The Morgan fingerprint density at radius 3 is 2.65 bits per heavy atom. The van der Waals surface area contributed by atoms with Crippen LogP contribution in [0.3, 0.4) is 0 Å². The average molecular weight is 333 g/mol. The molecule has 3 heterocycles. The van der Waals surface area contributed by atoms with Crippen LogP contribution in [0.1, 0.15) is 30.0 Å². The van der Waals surface area contributed by atoms with Gasteiger partial charge in [-0.25, -0.2) is 9.67 Å². The maximum absolute atomic E-state index is 4.66. The van der Waals surface area contributed by atoms with Crippen LogP contribution in [0.15, 0.2) is 18.3 Å². The maximum Gasteiger partial charge on any atom is 0.160 e. The third-order valence-corrected chi connectivity index (χ3v) is 4.53. The molecule has 0 amide bonds. The van der Waals surface area contributed by atoms with Gasteiger partial charge in [0, 0.05) is 0 Å². The second-order valence-corrected chi connectivity index (χ2v) is 6.10. The van der Waals surface area contributed by atoms with Crippen molar-refractivity contribution in [1.29, 1.82) is 0 Å². The molecule has 2 N–H and O–H groups in total. The number of rotatable bonds is 2. The lowest BCUT2D eigenvalue weighted by molar-refractivity contribution is 0.337.